The molecule has 0 saturated heterocycles. The first-order valence-electron chi connectivity index (χ1n) is 14.5. The predicted octanol–water partition coefficient (Wildman–Crippen LogP) is 5.82. The highest BCUT2D eigenvalue weighted by molar-refractivity contribution is 5.98. The summed E-state index contributed by atoms with van der Waals surface area (Å²) in [7, 11) is 1.54. The summed E-state index contributed by atoms with van der Waals surface area (Å²) in [5.41, 5.74) is 1.75. The third-order valence-electron chi connectivity index (χ3n) is 7.55. The van der Waals surface area contributed by atoms with Gasteiger partial charge in [0.05, 0.1) is 13.2 Å². The number of carbonyl (C=O) groups is 3. The molecule has 0 spiro atoms. The zero-order valence-electron chi connectivity index (χ0n) is 24.5. The molecule has 1 aliphatic heterocycles. The van der Waals surface area contributed by atoms with Crippen molar-refractivity contribution in [2.24, 2.45) is 0 Å². The standard InChI is InChI=1S/C34H38N2O7/c1-22-7-6-10-26(37)9-5-3-4-8-25-19-29(38)32(33(40)31(25)34(41)43-22)28(24-11-13-27(42-2)14-12-24)20-30(39)36-21-23-15-17-35-18-16-23/h4,8,11-19,22,28,38,40H,3,5-7,9-10,20-21H2,1-2H3,(H,36,39)/b8-4+/t22-,28?/m0/s1. The number of benzene rings is 2. The molecule has 2 atom stereocenters. The number of amides is 1. The Labute approximate surface area is 251 Å². The normalized spacial score (nSPS) is 17.6. The zero-order valence-corrected chi connectivity index (χ0v) is 24.5. The van der Waals surface area contributed by atoms with Crippen molar-refractivity contribution in [2.45, 2.75) is 70.4 Å². The van der Waals surface area contributed by atoms with Crippen molar-refractivity contribution in [3.63, 3.8) is 0 Å². The Bertz CT molecular complexity index is 1450. The quantitative estimate of drug-likeness (QED) is 0.295. The van der Waals surface area contributed by atoms with Crippen molar-refractivity contribution < 1.29 is 34.1 Å². The van der Waals surface area contributed by atoms with Crippen LogP contribution in [0.3, 0.4) is 0 Å². The molecule has 1 aromatic heterocycles. The van der Waals surface area contributed by atoms with Crippen molar-refractivity contribution in [3.8, 4) is 17.2 Å². The fourth-order valence-corrected chi connectivity index (χ4v) is 5.20. The summed E-state index contributed by atoms with van der Waals surface area (Å²) in [4.78, 5) is 42.8. The molecule has 1 amide bonds. The van der Waals surface area contributed by atoms with Crippen LogP contribution in [0, 0.1) is 0 Å². The first-order chi connectivity index (χ1) is 20.8. The number of aromatic nitrogens is 1. The second-order valence-corrected chi connectivity index (χ2v) is 10.7. The maximum absolute atomic E-state index is 13.5. The number of phenolic OH excluding ortho intramolecular Hbond substituents is 2. The molecule has 0 saturated carbocycles. The van der Waals surface area contributed by atoms with Gasteiger partial charge >= 0.3 is 5.97 Å². The number of nitrogens with zero attached hydrogens (tertiary/aromatic N) is 1. The lowest BCUT2D eigenvalue weighted by atomic mass is 9.84. The van der Waals surface area contributed by atoms with E-state index in [1.54, 1.807) is 75.0 Å². The number of Topliss-reactive ketones (excluding diaryl/α,β-unsaturated/α-hetero) is 1. The van der Waals surface area contributed by atoms with Crippen LogP contribution in [0.25, 0.3) is 6.08 Å². The van der Waals surface area contributed by atoms with Gasteiger partial charge in [0.15, 0.2) is 0 Å². The molecule has 1 aliphatic rings. The van der Waals surface area contributed by atoms with Crippen LogP contribution in [0.4, 0.5) is 0 Å². The van der Waals surface area contributed by atoms with Gasteiger partial charge in [0.1, 0.15) is 28.6 Å². The van der Waals surface area contributed by atoms with Gasteiger partial charge in [0, 0.05) is 49.7 Å². The summed E-state index contributed by atoms with van der Waals surface area (Å²) < 4.78 is 11.0. The maximum atomic E-state index is 13.5. The fourth-order valence-electron chi connectivity index (χ4n) is 5.20. The van der Waals surface area contributed by atoms with Crippen LogP contribution in [0.1, 0.15) is 90.4 Å². The minimum atomic E-state index is -0.804. The van der Waals surface area contributed by atoms with Crippen molar-refractivity contribution in [1.82, 2.24) is 10.3 Å². The molecule has 0 bridgehead atoms. The topological polar surface area (TPSA) is 135 Å². The van der Waals surface area contributed by atoms with E-state index in [2.05, 4.69) is 10.3 Å². The number of aromatic hydroxyl groups is 2. The molecule has 3 aromatic rings. The van der Waals surface area contributed by atoms with Crippen molar-refractivity contribution in [1.29, 1.82) is 0 Å². The van der Waals surface area contributed by atoms with Crippen LogP contribution in [0.5, 0.6) is 17.2 Å². The Morgan fingerprint density at radius 2 is 1.81 bits per heavy atom. The van der Waals surface area contributed by atoms with Crippen LogP contribution in [0.15, 0.2) is 60.9 Å². The molecular weight excluding hydrogens is 548 g/mol. The average Bonchev–Trinajstić information content (AvgIpc) is 2.99. The molecule has 1 unspecified atom stereocenters. The average molecular weight is 587 g/mol. The van der Waals surface area contributed by atoms with Crippen LogP contribution in [-0.4, -0.2) is 46.1 Å². The number of pyridine rings is 1. The lowest BCUT2D eigenvalue weighted by Crippen LogP contribution is -2.25. The summed E-state index contributed by atoms with van der Waals surface area (Å²) in [6.07, 6.45) is 9.36. The van der Waals surface area contributed by atoms with Crippen molar-refractivity contribution in [2.75, 3.05) is 7.11 Å². The molecule has 2 aromatic carbocycles. The molecule has 0 radical (unpaired) electrons. The lowest BCUT2D eigenvalue weighted by molar-refractivity contribution is -0.121. The predicted molar refractivity (Wildman–Crippen MR) is 162 cm³/mol. The van der Waals surface area contributed by atoms with Gasteiger partial charge in [-0.1, -0.05) is 24.3 Å². The number of esters is 1. The monoisotopic (exact) mass is 586 g/mol. The molecule has 9 heteroatoms. The number of nitrogens with one attached hydrogen (secondary N) is 1. The maximum Gasteiger partial charge on any atom is 0.342 e. The van der Waals surface area contributed by atoms with Gasteiger partial charge in [0.25, 0.3) is 0 Å². The molecule has 43 heavy (non-hydrogen) atoms. The Morgan fingerprint density at radius 3 is 2.53 bits per heavy atom. The molecule has 3 N–H and O–H groups in total. The highest BCUT2D eigenvalue weighted by Gasteiger charge is 2.31. The van der Waals surface area contributed by atoms with Gasteiger partial charge in [-0.05, 0) is 79.6 Å². The second-order valence-electron chi connectivity index (χ2n) is 10.7. The van der Waals surface area contributed by atoms with Crippen LogP contribution >= 0.6 is 0 Å². The van der Waals surface area contributed by atoms with Gasteiger partial charge in [-0.3, -0.25) is 14.6 Å². The smallest absolute Gasteiger partial charge is 0.342 e. The number of ether oxygens (including phenoxy) is 2. The highest BCUT2D eigenvalue weighted by atomic mass is 16.5. The highest BCUT2D eigenvalue weighted by Crippen LogP contribution is 2.44. The van der Waals surface area contributed by atoms with E-state index >= 15 is 0 Å². The Kier molecular flexibility index (Phi) is 10.9. The fraction of sp³-hybridized carbons (Fsp3) is 0.353. The number of allylic oxidation sites excluding steroid dienone is 1. The third kappa shape index (κ3) is 8.44. The number of hydrogen-bond donors (Lipinski definition) is 3. The number of hydrogen-bond acceptors (Lipinski definition) is 8. The summed E-state index contributed by atoms with van der Waals surface area (Å²) in [6, 6.07) is 12.0. The number of ketones is 1. The molecular formula is C34H38N2O7. The Hall–Kier alpha value is -4.66. The zero-order chi connectivity index (χ0) is 30.8. The van der Waals surface area contributed by atoms with Gasteiger partial charge in [-0.15, -0.1) is 0 Å². The van der Waals surface area contributed by atoms with E-state index in [1.165, 1.54) is 6.07 Å². The first kappa shape index (κ1) is 31.3. The first-order valence-corrected chi connectivity index (χ1v) is 14.5. The number of carbonyl (C=O) groups excluding carboxylic acids is 3. The van der Waals surface area contributed by atoms with Gasteiger partial charge < -0.3 is 25.0 Å². The summed E-state index contributed by atoms with van der Waals surface area (Å²) in [5, 5.41) is 25.8. The van der Waals surface area contributed by atoms with E-state index in [1.807, 2.05) is 0 Å². The Balaban J connectivity index is 1.74. The summed E-state index contributed by atoms with van der Waals surface area (Å²) >= 11 is 0. The van der Waals surface area contributed by atoms with Crippen LogP contribution in [-0.2, 0) is 20.9 Å². The SMILES string of the molecule is COc1ccc(C(CC(=O)NCc2ccncc2)c2c(O)cc3c(c2O)C(=O)O[C@@H](C)CCCC(=O)CCC/C=C/3)cc1. The molecule has 0 fully saturated rings. The molecule has 4 rings (SSSR count). The van der Waals surface area contributed by atoms with Crippen LogP contribution < -0.4 is 10.1 Å². The van der Waals surface area contributed by atoms with Crippen molar-refractivity contribution >= 4 is 23.7 Å². The molecule has 9 nitrogen and oxygen atoms in total. The van der Waals surface area contributed by atoms with E-state index in [-0.39, 0.29) is 47.1 Å². The van der Waals surface area contributed by atoms with Gasteiger partial charge in [-0.25, -0.2) is 4.79 Å². The van der Waals surface area contributed by atoms with Gasteiger partial charge in [0.2, 0.25) is 5.91 Å². The number of phenols is 2. The van der Waals surface area contributed by atoms with E-state index < -0.39 is 23.7 Å². The lowest BCUT2D eigenvalue weighted by Gasteiger charge is -2.23. The van der Waals surface area contributed by atoms with Crippen molar-refractivity contribution in [3.05, 3.63) is 88.8 Å². The Morgan fingerprint density at radius 1 is 1.09 bits per heavy atom. The number of rotatable bonds is 7. The number of fused-ring (bicyclic) bond motifs is 1. The van der Waals surface area contributed by atoms with Gasteiger partial charge in [-0.2, -0.15) is 0 Å². The minimum absolute atomic E-state index is 0.0488. The summed E-state index contributed by atoms with van der Waals surface area (Å²) in [5.74, 6) is -1.79. The molecule has 226 valence electrons. The molecule has 2 heterocycles. The minimum Gasteiger partial charge on any atom is -0.507 e. The number of cyclic esters (lactones) is 1. The van der Waals surface area contributed by atoms with E-state index in [0.717, 1.165) is 5.56 Å². The second kappa shape index (κ2) is 15.0. The largest absolute Gasteiger partial charge is 0.507 e. The van der Waals surface area contributed by atoms with E-state index in [9.17, 15) is 24.6 Å². The summed E-state index contributed by atoms with van der Waals surface area (Å²) in [6.45, 7) is 2.02. The van der Waals surface area contributed by atoms with Crippen LogP contribution in [0.2, 0.25) is 0 Å². The van der Waals surface area contributed by atoms with E-state index in [0.29, 0.717) is 49.8 Å². The number of methoxy groups -OCH3 is 1. The molecule has 0 aliphatic carbocycles. The van der Waals surface area contributed by atoms with E-state index in [4.69, 9.17) is 9.47 Å². The third-order valence-corrected chi connectivity index (χ3v) is 7.55.